The van der Waals surface area contributed by atoms with E-state index in [2.05, 4.69) is 10.1 Å². The van der Waals surface area contributed by atoms with Crippen molar-refractivity contribution in [1.29, 1.82) is 0 Å². The van der Waals surface area contributed by atoms with E-state index in [4.69, 9.17) is 25.6 Å². The fraction of sp³-hybridized carbons (Fsp3) is 0.500. The highest BCUT2D eigenvalue weighted by atomic mass is 35.5. The van der Waals surface area contributed by atoms with E-state index in [1.54, 1.807) is 37.1 Å². The van der Waals surface area contributed by atoms with E-state index in [-0.39, 0.29) is 24.2 Å². The summed E-state index contributed by atoms with van der Waals surface area (Å²) in [6.07, 6.45) is 0.414. The van der Waals surface area contributed by atoms with Crippen LogP contribution in [0.2, 0.25) is 5.02 Å². The number of hydrogen-bond acceptors (Lipinski definition) is 6. The molecule has 0 bridgehead atoms. The van der Waals surface area contributed by atoms with Crippen molar-refractivity contribution in [2.75, 3.05) is 13.7 Å². The summed E-state index contributed by atoms with van der Waals surface area (Å²) in [6.45, 7) is 5.98. The highest BCUT2D eigenvalue weighted by molar-refractivity contribution is 6.31. The molecule has 1 aliphatic heterocycles. The number of methoxy groups -OCH3 is 1. The van der Waals surface area contributed by atoms with Gasteiger partial charge in [0.15, 0.2) is 5.82 Å². The molecule has 8 heteroatoms. The SMILES string of the molecule is CO[C@H]1C[C@H](c2nc(C)no2)N(C(=O)c2cc(Cl)ccc2OC(C)C)C1. The van der Waals surface area contributed by atoms with Crippen molar-refractivity contribution in [3.05, 3.63) is 40.5 Å². The summed E-state index contributed by atoms with van der Waals surface area (Å²) in [5.74, 6) is 1.22. The first-order valence-electron chi connectivity index (χ1n) is 8.49. The zero-order chi connectivity index (χ0) is 18.8. The molecule has 26 heavy (non-hydrogen) atoms. The number of likely N-dealkylation sites (tertiary alicyclic amines) is 1. The normalized spacial score (nSPS) is 20.0. The topological polar surface area (TPSA) is 77.7 Å². The number of rotatable bonds is 5. The molecule has 0 unspecified atom stereocenters. The third-order valence-corrected chi connectivity index (χ3v) is 4.46. The lowest BCUT2D eigenvalue weighted by molar-refractivity contribution is 0.0665. The van der Waals surface area contributed by atoms with Crippen molar-refractivity contribution in [3.8, 4) is 5.75 Å². The van der Waals surface area contributed by atoms with Gasteiger partial charge in [0.1, 0.15) is 11.8 Å². The molecule has 2 aromatic rings. The fourth-order valence-electron chi connectivity index (χ4n) is 3.06. The monoisotopic (exact) mass is 379 g/mol. The standard InChI is InChI=1S/C18H22ClN3O4/c1-10(2)25-16-6-5-12(19)7-14(16)18(23)22-9-13(24-4)8-15(22)17-20-11(3)21-26-17/h5-7,10,13,15H,8-9H2,1-4H3/t13-,15+/m0/s1. The van der Waals surface area contributed by atoms with Gasteiger partial charge in [0.2, 0.25) is 5.89 Å². The predicted molar refractivity (Wildman–Crippen MR) is 95.4 cm³/mol. The highest BCUT2D eigenvalue weighted by Gasteiger charge is 2.40. The summed E-state index contributed by atoms with van der Waals surface area (Å²) in [6, 6.07) is 4.69. The van der Waals surface area contributed by atoms with Gasteiger partial charge < -0.3 is 18.9 Å². The van der Waals surface area contributed by atoms with Gasteiger partial charge in [0.25, 0.3) is 5.91 Å². The molecule has 2 atom stereocenters. The molecule has 3 rings (SSSR count). The molecule has 1 aliphatic rings. The van der Waals surface area contributed by atoms with Crippen molar-refractivity contribution in [2.24, 2.45) is 0 Å². The first kappa shape index (κ1) is 18.7. The Balaban J connectivity index is 1.95. The van der Waals surface area contributed by atoms with E-state index in [0.717, 1.165) is 0 Å². The van der Waals surface area contributed by atoms with Crippen LogP contribution in [0.1, 0.15) is 48.4 Å². The summed E-state index contributed by atoms with van der Waals surface area (Å²) in [4.78, 5) is 19.3. The van der Waals surface area contributed by atoms with Gasteiger partial charge in [0, 0.05) is 25.1 Å². The van der Waals surface area contributed by atoms with E-state index in [9.17, 15) is 4.79 Å². The zero-order valence-electron chi connectivity index (χ0n) is 15.2. The van der Waals surface area contributed by atoms with Crippen molar-refractivity contribution in [3.63, 3.8) is 0 Å². The second-order valence-electron chi connectivity index (χ2n) is 6.55. The van der Waals surface area contributed by atoms with Gasteiger partial charge in [-0.2, -0.15) is 4.98 Å². The van der Waals surface area contributed by atoms with Crippen LogP contribution < -0.4 is 4.74 Å². The Hall–Kier alpha value is -2.12. The minimum Gasteiger partial charge on any atom is -0.490 e. The van der Waals surface area contributed by atoms with E-state index >= 15 is 0 Å². The van der Waals surface area contributed by atoms with Crippen LogP contribution in [0.15, 0.2) is 22.7 Å². The van der Waals surface area contributed by atoms with Crippen molar-refractivity contribution in [2.45, 2.75) is 45.4 Å². The molecular weight excluding hydrogens is 358 g/mol. The largest absolute Gasteiger partial charge is 0.490 e. The zero-order valence-corrected chi connectivity index (χ0v) is 16.0. The first-order chi connectivity index (χ1) is 12.4. The van der Waals surface area contributed by atoms with Crippen molar-refractivity contribution < 1.29 is 18.8 Å². The number of nitrogens with zero attached hydrogens (tertiary/aromatic N) is 3. The first-order valence-corrected chi connectivity index (χ1v) is 8.87. The van der Waals surface area contributed by atoms with Crippen LogP contribution >= 0.6 is 11.6 Å². The minimum absolute atomic E-state index is 0.0672. The molecule has 1 aromatic carbocycles. The lowest BCUT2D eigenvalue weighted by atomic mass is 10.1. The third kappa shape index (κ3) is 3.83. The Morgan fingerprint density at radius 2 is 2.19 bits per heavy atom. The van der Waals surface area contributed by atoms with Crippen LogP contribution in [0, 0.1) is 6.92 Å². The molecule has 1 aromatic heterocycles. The number of aromatic nitrogens is 2. The molecule has 1 fully saturated rings. The number of carbonyl (C=O) groups excluding carboxylic acids is 1. The lowest BCUT2D eigenvalue weighted by Crippen LogP contribution is -2.32. The molecule has 7 nitrogen and oxygen atoms in total. The van der Waals surface area contributed by atoms with Crippen LogP contribution in [0.3, 0.4) is 0 Å². The van der Waals surface area contributed by atoms with Gasteiger partial charge in [-0.1, -0.05) is 16.8 Å². The number of halogens is 1. The van der Waals surface area contributed by atoms with E-state index in [1.165, 1.54) is 0 Å². The lowest BCUT2D eigenvalue weighted by Gasteiger charge is -2.23. The molecular formula is C18H22ClN3O4. The van der Waals surface area contributed by atoms with E-state index in [0.29, 0.717) is 41.0 Å². The Labute approximate surface area is 157 Å². The van der Waals surface area contributed by atoms with Crippen LogP contribution in [0.5, 0.6) is 5.75 Å². The van der Waals surface area contributed by atoms with Gasteiger partial charge in [-0.05, 0) is 39.0 Å². The van der Waals surface area contributed by atoms with E-state index in [1.807, 2.05) is 13.8 Å². The Kier molecular flexibility index (Phi) is 5.48. The quantitative estimate of drug-likeness (QED) is 0.792. The van der Waals surface area contributed by atoms with Gasteiger partial charge in [-0.3, -0.25) is 4.79 Å². The molecule has 2 heterocycles. The van der Waals surface area contributed by atoms with Gasteiger partial charge >= 0.3 is 0 Å². The highest BCUT2D eigenvalue weighted by Crippen LogP contribution is 2.35. The van der Waals surface area contributed by atoms with Crippen molar-refractivity contribution in [1.82, 2.24) is 15.0 Å². The second kappa shape index (κ2) is 7.63. The molecule has 0 aliphatic carbocycles. The second-order valence-corrected chi connectivity index (χ2v) is 6.99. The molecule has 1 saturated heterocycles. The van der Waals surface area contributed by atoms with Crippen LogP contribution in [0.4, 0.5) is 0 Å². The number of hydrogen-bond donors (Lipinski definition) is 0. The van der Waals surface area contributed by atoms with Gasteiger partial charge in [-0.25, -0.2) is 0 Å². The smallest absolute Gasteiger partial charge is 0.258 e. The van der Waals surface area contributed by atoms with Crippen LogP contribution in [-0.4, -0.2) is 46.8 Å². The number of amides is 1. The van der Waals surface area contributed by atoms with Gasteiger partial charge in [0.05, 0.1) is 17.8 Å². The fourth-order valence-corrected chi connectivity index (χ4v) is 3.23. The Morgan fingerprint density at radius 3 is 2.81 bits per heavy atom. The Morgan fingerprint density at radius 1 is 1.42 bits per heavy atom. The maximum Gasteiger partial charge on any atom is 0.258 e. The Bertz CT molecular complexity index is 792. The van der Waals surface area contributed by atoms with Crippen LogP contribution in [-0.2, 0) is 4.74 Å². The number of benzene rings is 1. The molecule has 1 amide bonds. The predicted octanol–water partition coefficient (Wildman–Crippen LogP) is 3.42. The number of carbonyl (C=O) groups is 1. The van der Waals surface area contributed by atoms with Crippen molar-refractivity contribution >= 4 is 17.5 Å². The maximum atomic E-state index is 13.3. The molecule has 140 valence electrons. The molecule has 0 radical (unpaired) electrons. The molecule has 0 N–H and O–H groups in total. The van der Waals surface area contributed by atoms with E-state index < -0.39 is 0 Å². The number of ether oxygens (including phenoxy) is 2. The summed E-state index contributed by atoms with van der Waals surface area (Å²) < 4.78 is 16.6. The molecule has 0 spiro atoms. The average Bonchev–Trinajstić information content (AvgIpc) is 3.21. The van der Waals surface area contributed by atoms with Gasteiger partial charge in [-0.15, -0.1) is 0 Å². The summed E-state index contributed by atoms with van der Waals surface area (Å²) in [5, 5.41) is 4.31. The third-order valence-electron chi connectivity index (χ3n) is 4.22. The summed E-state index contributed by atoms with van der Waals surface area (Å²) in [5.41, 5.74) is 0.407. The number of aryl methyl sites for hydroxylation is 1. The van der Waals surface area contributed by atoms with Crippen LogP contribution in [0.25, 0.3) is 0 Å². The maximum absolute atomic E-state index is 13.3. The summed E-state index contributed by atoms with van der Waals surface area (Å²) >= 11 is 6.12. The average molecular weight is 380 g/mol. The summed E-state index contributed by atoms with van der Waals surface area (Å²) in [7, 11) is 1.63. The molecule has 0 saturated carbocycles. The minimum atomic E-state index is -0.348.